The fourth-order valence-corrected chi connectivity index (χ4v) is 4.37. The Morgan fingerprint density at radius 3 is 2.55 bits per heavy atom. The Morgan fingerprint density at radius 2 is 1.83 bits per heavy atom. The van der Waals surface area contributed by atoms with Crippen molar-refractivity contribution >= 4 is 34.0 Å². The molecule has 0 aliphatic carbocycles. The van der Waals surface area contributed by atoms with Crippen molar-refractivity contribution in [3.05, 3.63) is 71.2 Å². The number of hydrogen-bond donors (Lipinski definition) is 1. The van der Waals surface area contributed by atoms with Crippen LogP contribution in [0.25, 0.3) is 0 Å². The van der Waals surface area contributed by atoms with Crippen LogP contribution in [-0.4, -0.2) is 28.6 Å². The van der Waals surface area contributed by atoms with Crippen molar-refractivity contribution in [3.8, 4) is 0 Å². The molecule has 1 aromatic heterocycles. The van der Waals surface area contributed by atoms with E-state index in [4.69, 9.17) is 0 Å². The first-order chi connectivity index (χ1) is 14.1. The summed E-state index contributed by atoms with van der Waals surface area (Å²) < 4.78 is 0. The zero-order valence-corrected chi connectivity index (χ0v) is 16.9. The zero-order chi connectivity index (χ0) is 20.2. The van der Waals surface area contributed by atoms with E-state index >= 15 is 0 Å². The van der Waals surface area contributed by atoms with E-state index < -0.39 is 5.92 Å². The van der Waals surface area contributed by atoms with E-state index in [2.05, 4.69) is 34.6 Å². The molecule has 1 aliphatic rings. The van der Waals surface area contributed by atoms with Crippen molar-refractivity contribution in [1.29, 1.82) is 0 Å². The van der Waals surface area contributed by atoms with Crippen molar-refractivity contribution in [3.63, 3.8) is 0 Å². The van der Waals surface area contributed by atoms with E-state index in [-0.39, 0.29) is 18.2 Å². The number of nitrogens with zero attached hydrogens (tertiary/aromatic N) is 3. The van der Waals surface area contributed by atoms with Gasteiger partial charge < -0.3 is 10.2 Å². The monoisotopic (exact) mass is 406 g/mol. The number of rotatable bonds is 6. The van der Waals surface area contributed by atoms with Crippen LogP contribution in [0, 0.1) is 5.92 Å². The standard InChI is InChI=1S/C22H22N4O2S/c1-15(16-8-4-2-5-9-16)12-19-24-25-22(29-19)23-21(28)17-13-20(27)26(14-17)18-10-6-3-7-11-18/h2-11,15,17H,12-14H2,1H3,(H,23,25,28)/t15-,17+/m1/s1. The number of anilines is 2. The molecule has 1 saturated heterocycles. The lowest BCUT2D eigenvalue weighted by molar-refractivity contribution is -0.122. The van der Waals surface area contributed by atoms with Crippen molar-refractivity contribution in [2.45, 2.75) is 25.7 Å². The number of hydrogen-bond acceptors (Lipinski definition) is 5. The lowest BCUT2D eigenvalue weighted by atomic mass is 9.98. The molecule has 1 N–H and O–H groups in total. The van der Waals surface area contributed by atoms with Crippen molar-refractivity contribution < 1.29 is 9.59 Å². The Kier molecular flexibility index (Phi) is 5.67. The van der Waals surface area contributed by atoms with Gasteiger partial charge in [-0.05, 0) is 23.6 Å². The minimum absolute atomic E-state index is 0.0361. The zero-order valence-electron chi connectivity index (χ0n) is 16.1. The quantitative estimate of drug-likeness (QED) is 0.674. The summed E-state index contributed by atoms with van der Waals surface area (Å²) >= 11 is 1.39. The molecule has 2 aromatic carbocycles. The number of nitrogens with one attached hydrogen (secondary N) is 1. The molecule has 1 fully saturated rings. The molecule has 6 nitrogen and oxygen atoms in total. The Labute approximate surface area is 173 Å². The predicted molar refractivity (Wildman–Crippen MR) is 114 cm³/mol. The van der Waals surface area contributed by atoms with E-state index in [9.17, 15) is 9.59 Å². The van der Waals surface area contributed by atoms with Gasteiger partial charge in [0.2, 0.25) is 16.9 Å². The van der Waals surface area contributed by atoms with Crippen molar-refractivity contribution in [1.82, 2.24) is 10.2 Å². The molecule has 0 bridgehead atoms. The van der Waals surface area contributed by atoms with Gasteiger partial charge in [0.15, 0.2) is 0 Å². The normalized spacial score (nSPS) is 17.3. The summed E-state index contributed by atoms with van der Waals surface area (Å²) in [5.41, 5.74) is 2.07. The Morgan fingerprint density at radius 1 is 1.14 bits per heavy atom. The highest BCUT2D eigenvalue weighted by Crippen LogP contribution is 2.27. The Balaban J connectivity index is 1.35. The van der Waals surface area contributed by atoms with Gasteiger partial charge in [-0.1, -0.05) is 66.8 Å². The van der Waals surface area contributed by atoms with Gasteiger partial charge in [-0.3, -0.25) is 9.59 Å². The number of carbonyl (C=O) groups excluding carboxylic acids is 2. The maximum Gasteiger partial charge on any atom is 0.231 e. The van der Waals surface area contributed by atoms with Gasteiger partial charge in [-0.2, -0.15) is 0 Å². The molecular formula is C22H22N4O2S. The van der Waals surface area contributed by atoms with Crippen molar-refractivity contribution in [2.24, 2.45) is 5.92 Å². The summed E-state index contributed by atoms with van der Waals surface area (Å²) in [4.78, 5) is 26.6. The van der Waals surface area contributed by atoms with Gasteiger partial charge in [0.1, 0.15) is 5.01 Å². The molecule has 0 unspecified atom stereocenters. The summed E-state index contributed by atoms with van der Waals surface area (Å²) in [5.74, 6) is -0.292. The number of amides is 2. The molecule has 0 spiro atoms. The van der Waals surface area contributed by atoms with Crippen LogP contribution in [0.4, 0.5) is 10.8 Å². The van der Waals surface area contributed by atoms with Crippen LogP contribution in [0.1, 0.15) is 29.8 Å². The first-order valence-electron chi connectivity index (χ1n) is 9.64. The molecule has 7 heteroatoms. The fraction of sp³-hybridized carbons (Fsp3) is 0.273. The summed E-state index contributed by atoms with van der Waals surface area (Å²) in [6, 6.07) is 19.7. The summed E-state index contributed by atoms with van der Waals surface area (Å²) in [6.45, 7) is 2.53. The van der Waals surface area contributed by atoms with E-state index in [1.54, 1.807) is 4.90 Å². The largest absolute Gasteiger partial charge is 0.312 e. The minimum atomic E-state index is -0.390. The average molecular weight is 407 g/mol. The van der Waals surface area contributed by atoms with E-state index in [1.807, 2.05) is 48.5 Å². The van der Waals surface area contributed by atoms with Gasteiger partial charge in [0.05, 0.1) is 5.92 Å². The molecule has 0 radical (unpaired) electrons. The number of benzene rings is 2. The maximum atomic E-state index is 12.6. The molecular weight excluding hydrogens is 384 g/mol. The third-order valence-electron chi connectivity index (χ3n) is 5.11. The average Bonchev–Trinajstić information content (AvgIpc) is 3.35. The number of carbonyl (C=O) groups is 2. The van der Waals surface area contributed by atoms with Crippen LogP contribution in [-0.2, 0) is 16.0 Å². The Hall–Kier alpha value is -3.06. The van der Waals surface area contributed by atoms with Crippen LogP contribution in [0.15, 0.2) is 60.7 Å². The van der Waals surface area contributed by atoms with Gasteiger partial charge >= 0.3 is 0 Å². The second kappa shape index (κ2) is 8.53. The molecule has 2 amide bonds. The van der Waals surface area contributed by atoms with Gasteiger partial charge in [0.25, 0.3) is 0 Å². The van der Waals surface area contributed by atoms with Gasteiger partial charge in [-0.25, -0.2) is 0 Å². The second-order valence-electron chi connectivity index (χ2n) is 7.25. The highest BCUT2D eigenvalue weighted by molar-refractivity contribution is 7.15. The highest BCUT2D eigenvalue weighted by Gasteiger charge is 2.35. The second-order valence-corrected chi connectivity index (χ2v) is 8.31. The lowest BCUT2D eigenvalue weighted by Crippen LogP contribution is -2.28. The van der Waals surface area contributed by atoms with Crippen LogP contribution in [0.2, 0.25) is 0 Å². The molecule has 4 rings (SSSR count). The molecule has 29 heavy (non-hydrogen) atoms. The molecule has 2 heterocycles. The fourth-order valence-electron chi connectivity index (χ4n) is 3.50. The molecule has 2 atom stereocenters. The molecule has 0 saturated carbocycles. The van der Waals surface area contributed by atoms with Crippen molar-refractivity contribution in [2.75, 3.05) is 16.8 Å². The number of aromatic nitrogens is 2. The molecule has 3 aromatic rings. The van der Waals surface area contributed by atoms with Crippen LogP contribution in [0.5, 0.6) is 0 Å². The maximum absolute atomic E-state index is 12.6. The van der Waals surface area contributed by atoms with E-state index in [0.717, 1.165) is 17.1 Å². The third kappa shape index (κ3) is 4.51. The lowest BCUT2D eigenvalue weighted by Gasteiger charge is -2.16. The summed E-state index contributed by atoms with van der Waals surface area (Å²) in [5, 5.41) is 12.5. The smallest absolute Gasteiger partial charge is 0.231 e. The first-order valence-corrected chi connectivity index (χ1v) is 10.5. The van der Waals surface area contributed by atoms with Gasteiger partial charge in [0, 0.05) is 25.1 Å². The van der Waals surface area contributed by atoms with Crippen LogP contribution in [0.3, 0.4) is 0 Å². The highest BCUT2D eigenvalue weighted by atomic mass is 32.1. The third-order valence-corrected chi connectivity index (χ3v) is 5.97. The van der Waals surface area contributed by atoms with Crippen LogP contribution < -0.4 is 10.2 Å². The summed E-state index contributed by atoms with van der Waals surface area (Å²) in [7, 11) is 0. The summed E-state index contributed by atoms with van der Waals surface area (Å²) in [6.07, 6.45) is 0.971. The molecule has 1 aliphatic heterocycles. The first kappa shape index (κ1) is 19.3. The van der Waals surface area contributed by atoms with E-state index in [0.29, 0.717) is 17.6 Å². The molecule has 148 valence electrons. The minimum Gasteiger partial charge on any atom is -0.312 e. The van der Waals surface area contributed by atoms with Crippen LogP contribution >= 0.6 is 11.3 Å². The topological polar surface area (TPSA) is 75.2 Å². The number of para-hydroxylation sites is 1. The van der Waals surface area contributed by atoms with E-state index in [1.165, 1.54) is 16.9 Å². The SMILES string of the molecule is C[C@H](Cc1nnc(NC(=O)[C@H]2CC(=O)N(c3ccccc3)C2)s1)c1ccccc1. The Bertz CT molecular complexity index is 990. The van der Waals surface area contributed by atoms with Gasteiger partial charge in [-0.15, -0.1) is 10.2 Å². The predicted octanol–water partition coefficient (Wildman–Crippen LogP) is 3.88.